The van der Waals surface area contributed by atoms with Crippen molar-refractivity contribution in [1.82, 2.24) is 4.90 Å². The predicted molar refractivity (Wildman–Crippen MR) is 69.9 cm³/mol. The first-order chi connectivity index (χ1) is 8.09. The minimum atomic E-state index is -0.0354. The molecule has 0 aliphatic carbocycles. The Morgan fingerprint density at radius 3 is 2.88 bits per heavy atom. The van der Waals surface area contributed by atoms with E-state index in [1.54, 1.807) is 19.0 Å². The van der Waals surface area contributed by atoms with Crippen molar-refractivity contribution >= 4 is 17.3 Å². The largest absolute Gasteiger partial charge is 0.399 e. The summed E-state index contributed by atoms with van der Waals surface area (Å²) in [5, 5.41) is 0. The zero-order valence-corrected chi connectivity index (χ0v) is 10.4. The van der Waals surface area contributed by atoms with Gasteiger partial charge in [-0.3, -0.25) is 4.79 Å². The van der Waals surface area contributed by atoms with E-state index < -0.39 is 0 Å². The van der Waals surface area contributed by atoms with Crippen molar-refractivity contribution in [3.63, 3.8) is 0 Å². The van der Waals surface area contributed by atoms with Crippen LogP contribution in [0.25, 0.3) is 0 Å². The number of nitrogen functional groups attached to an aromatic ring is 1. The van der Waals surface area contributed by atoms with E-state index in [1.165, 1.54) is 0 Å². The van der Waals surface area contributed by atoms with Crippen molar-refractivity contribution in [3.8, 4) is 0 Å². The summed E-state index contributed by atoms with van der Waals surface area (Å²) < 4.78 is 0. The molecule has 1 aliphatic heterocycles. The number of benzene rings is 1. The maximum atomic E-state index is 12.1. The average molecular weight is 233 g/mol. The summed E-state index contributed by atoms with van der Waals surface area (Å²) in [5.74, 6) is 0.171. The Hall–Kier alpha value is -1.71. The Morgan fingerprint density at radius 1 is 1.47 bits per heavy atom. The van der Waals surface area contributed by atoms with E-state index >= 15 is 0 Å². The standard InChI is InChI=1S/C13H19N3O/c1-15(2)13(17)12-7-4-8-16(12)11-6-3-5-10(14)9-11/h3,5-6,9,12H,4,7-8,14H2,1-2H3/t12-/m0/s1. The fraction of sp³-hybridized carbons (Fsp3) is 0.462. The second-order valence-electron chi connectivity index (χ2n) is 4.68. The van der Waals surface area contributed by atoms with Gasteiger partial charge < -0.3 is 15.5 Å². The van der Waals surface area contributed by atoms with Gasteiger partial charge in [0.15, 0.2) is 0 Å². The zero-order valence-electron chi connectivity index (χ0n) is 10.4. The van der Waals surface area contributed by atoms with Crippen LogP contribution in [0.5, 0.6) is 0 Å². The third-order valence-corrected chi connectivity index (χ3v) is 3.18. The number of rotatable bonds is 2. The number of hydrogen-bond donors (Lipinski definition) is 1. The molecule has 4 nitrogen and oxygen atoms in total. The maximum Gasteiger partial charge on any atom is 0.244 e. The van der Waals surface area contributed by atoms with Crippen LogP contribution < -0.4 is 10.6 Å². The first-order valence-corrected chi connectivity index (χ1v) is 5.93. The number of amides is 1. The monoisotopic (exact) mass is 233 g/mol. The summed E-state index contributed by atoms with van der Waals surface area (Å²) in [6.45, 7) is 0.924. The Balaban J connectivity index is 2.23. The Morgan fingerprint density at radius 2 is 2.24 bits per heavy atom. The molecule has 1 heterocycles. The lowest BCUT2D eigenvalue weighted by Crippen LogP contribution is -2.42. The Kier molecular flexibility index (Phi) is 3.22. The van der Waals surface area contributed by atoms with E-state index in [2.05, 4.69) is 4.90 Å². The lowest BCUT2D eigenvalue weighted by atomic mass is 10.2. The second kappa shape index (κ2) is 4.65. The highest BCUT2D eigenvalue weighted by atomic mass is 16.2. The number of anilines is 2. The van der Waals surface area contributed by atoms with Crippen molar-refractivity contribution in [3.05, 3.63) is 24.3 Å². The van der Waals surface area contributed by atoms with Gasteiger partial charge in [-0.1, -0.05) is 6.07 Å². The topological polar surface area (TPSA) is 49.6 Å². The zero-order chi connectivity index (χ0) is 12.4. The number of carbonyl (C=O) groups is 1. The molecule has 0 radical (unpaired) electrons. The van der Waals surface area contributed by atoms with E-state index in [1.807, 2.05) is 24.3 Å². The molecule has 1 aromatic carbocycles. The van der Waals surface area contributed by atoms with Crippen LogP contribution >= 0.6 is 0 Å². The van der Waals surface area contributed by atoms with Crippen LogP contribution in [0.15, 0.2) is 24.3 Å². The molecule has 0 unspecified atom stereocenters. The van der Waals surface area contributed by atoms with E-state index in [0.29, 0.717) is 0 Å². The third-order valence-electron chi connectivity index (χ3n) is 3.18. The predicted octanol–water partition coefficient (Wildman–Crippen LogP) is 1.33. The van der Waals surface area contributed by atoms with E-state index in [-0.39, 0.29) is 11.9 Å². The molecule has 1 saturated heterocycles. The van der Waals surface area contributed by atoms with Gasteiger partial charge in [0.05, 0.1) is 0 Å². The summed E-state index contributed by atoms with van der Waals surface area (Å²) in [5.41, 5.74) is 7.57. The molecule has 1 aliphatic rings. The van der Waals surface area contributed by atoms with Gasteiger partial charge >= 0.3 is 0 Å². The maximum absolute atomic E-state index is 12.1. The number of nitrogens with zero attached hydrogens (tertiary/aromatic N) is 2. The van der Waals surface area contributed by atoms with Crippen LogP contribution in [0.1, 0.15) is 12.8 Å². The minimum Gasteiger partial charge on any atom is -0.399 e. The van der Waals surface area contributed by atoms with Crippen molar-refractivity contribution in [2.24, 2.45) is 0 Å². The lowest BCUT2D eigenvalue weighted by Gasteiger charge is -2.28. The summed E-state index contributed by atoms with van der Waals surface area (Å²) in [7, 11) is 3.61. The molecular weight excluding hydrogens is 214 g/mol. The van der Waals surface area contributed by atoms with Crippen LogP contribution in [0, 0.1) is 0 Å². The molecule has 0 spiro atoms. The fourth-order valence-electron chi connectivity index (χ4n) is 2.33. The molecule has 1 amide bonds. The van der Waals surface area contributed by atoms with E-state index in [9.17, 15) is 4.79 Å². The lowest BCUT2D eigenvalue weighted by molar-refractivity contribution is -0.129. The van der Waals surface area contributed by atoms with Gasteiger partial charge in [-0.15, -0.1) is 0 Å². The van der Waals surface area contributed by atoms with Gasteiger partial charge in [-0.2, -0.15) is 0 Å². The third kappa shape index (κ3) is 2.35. The summed E-state index contributed by atoms with van der Waals surface area (Å²) in [4.78, 5) is 15.9. The molecule has 1 atom stereocenters. The molecule has 17 heavy (non-hydrogen) atoms. The Bertz CT molecular complexity index is 417. The van der Waals surface area contributed by atoms with Crippen LogP contribution in [0.4, 0.5) is 11.4 Å². The average Bonchev–Trinajstić information content (AvgIpc) is 2.76. The fourth-order valence-corrected chi connectivity index (χ4v) is 2.33. The van der Waals surface area contributed by atoms with Crippen LogP contribution in [0.2, 0.25) is 0 Å². The molecule has 0 saturated carbocycles. The normalized spacial score (nSPS) is 19.4. The van der Waals surface area contributed by atoms with Crippen molar-refractivity contribution in [2.75, 3.05) is 31.3 Å². The van der Waals surface area contributed by atoms with Gasteiger partial charge in [-0.05, 0) is 31.0 Å². The molecule has 2 rings (SSSR count). The van der Waals surface area contributed by atoms with Gasteiger partial charge in [0.1, 0.15) is 6.04 Å². The highest BCUT2D eigenvalue weighted by Gasteiger charge is 2.31. The number of carbonyl (C=O) groups excluding carboxylic acids is 1. The van der Waals surface area contributed by atoms with Crippen molar-refractivity contribution in [2.45, 2.75) is 18.9 Å². The van der Waals surface area contributed by atoms with Crippen molar-refractivity contribution in [1.29, 1.82) is 0 Å². The highest BCUT2D eigenvalue weighted by Crippen LogP contribution is 2.27. The molecule has 0 bridgehead atoms. The van der Waals surface area contributed by atoms with Gasteiger partial charge in [0, 0.05) is 32.0 Å². The van der Waals surface area contributed by atoms with Crippen molar-refractivity contribution < 1.29 is 4.79 Å². The molecule has 4 heteroatoms. The summed E-state index contributed by atoms with van der Waals surface area (Å²) >= 11 is 0. The first-order valence-electron chi connectivity index (χ1n) is 5.93. The van der Waals surface area contributed by atoms with Gasteiger partial charge in [0.25, 0.3) is 0 Å². The summed E-state index contributed by atoms with van der Waals surface area (Å²) in [6.07, 6.45) is 1.98. The molecule has 1 fully saturated rings. The van der Waals surface area contributed by atoms with Crippen LogP contribution in [-0.2, 0) is 4.79 Å². The molecule has 1 aromatic rings. The molecule has 92 valence electrons. The Labute approximate surface area is 102 Å². The van der Waals surface area contributed by atoms with E-state index in [0.717, 1.165) is 30.8 Å². The number of hydrogen-bond acceptors (Lipinski definition) is 3. The van der Waals surface area contributed by atoms with Crippen LogP contribution in [0.3, 0.4) is 0 Å². The highest BCUT2D eigenvalue weighted by molar-refractivity contribution is 5.85. The van der Waals surface area contributed by atoms with E-state index in [4.69, 9.17) is 5.73 Å². The number of nitrogens with two attached hydrogens (primary N) is 1. The van der Waals surface area contributed by atoms with Crippen LogP contribution in [-0.4, -0.2) is 37.5 Å². The minimum absolute atomic E-state index is 0.0354. The second-order valence-corrected chi connectivity index (χ2v) is 4.68. The number of likely N-dealkylation sites (N-methyl/N-ethyl adjacent to an activating group) is 1. The molecule has 0 aromatic heterocycles. The quantitative estimate of drug-likeness (QED) is 0.784. The summed E-state index contributed by atoms with van der Waals surface area (Å²) in [6, 6.07) is 7.70. The molecular formula is C13H19N3O. The first kappa shape index (κ1) is 11.8. The smallest absolute Gasteiger partial charge is 0.244 e. The SMILES string of the molecule is CN(C)C(=O)[C@@H]1CCCN1c1cccc(N)c1. The molecule has 2 N–H and O–H groups in total. The van der Waals surface area contributed by atoms with Gasteiger partial charge in [0.2, 0.25) is 5.91 Å². The van der Waals surface area contributed by atoms with Gasteiger partial charge in [-0.25, -0.2) is 0 Å².